The van der Waals surface area contributed by atoms with Gasteiger partial charge in [-0.15, -0.1) is 0 Å². The molecule has 2 aromatic carbocycles. The van der Waals surface area contributed by atoms with E-state index >= 15 is 0 Å². The Hall–Kier alpha value is -1.55. The van der Waals surface area contributed by atoms with Gasteiger partial charge in [-0.2, -0.15) is 0 Å². The second-order valence-electron chi connectivity index (χ2n) is 5.49. The van der Waals surface area contributed by atoms with E-state index in [1.165, 1.54) is 0 Å². The van der Waals surface area contributed by atoms with Gasteiger partial charge in [-0.1, -0.05) is 35.9 Å². The van der Waals surface area contributed by atoms with Gasteiger partial charge in [0.1, 0.15) is 5.75 Å². The maximum absolute atomic E-state index is 10.2. The molecule has 0 aliphatic rings. The first-order chi connectivity index (χ1) is 11.1. The first kappa shape index (κ1) is 17.8. The molecular formula is C19H23ClO3. The van der Waals surface area contributed by atoms with E-state index < -0.39 is 6.10 Å². The van der Waals surface area contributed by atoms with Crippen LogP contribution in [0.4, 0.5) is 0 Å². The van der Waals surface area contributed by atoms with Crippen molar-refractivity contribution < 1.29 is 14.9 Å². The zero-order chi connectivity index (χ0) is 16.7. The minimum atomic E-state index is -0.571. The van der Waals surface area contributed by atoms with E-state index in [-0.39, 0.29) is 6.61 Å². The topological polar surface area (TPSA) is 49.7 Å². The third-order valence-electron chi connectivity index (χ3n) is 3.72. The van der Waals surface area contributed by atoms with Crippen molar-refractivity contribution in [1.82, 2.24) is 0 Å². The minimum Gasteiger partial charge on any atom is -0.494 e. The van der Waals surface area contributed by atoms with Crippen molar-refractivity contribution in [1.29, 1.82) is 0 Å². The van der Waals surface area contributed by atoms with E-state index in [0.717, 1.165) is 22.4 Å². The maximum Gasteiger partial charge on any atom is 0.119 e. The smallest absolute Gasteiger partial charge is 0.119 e. The summed E-state index contributed by atoms with van der Waals surface area (Å²) in [5, 5.41) is 19.7. The minimum absolute atomic E-state index is 0.0870. The van der Waals surface area contributed by atoms with Gasteiger partial charge in [0.15, 0.2) is 0 Å². The van der Waals surface area contributed by atoms with E-state index in [4.69, 9.17) is 21.4 Å². The Labute approximate surface area is 142 Å². The number of hydrogen-bond acceptors (Lipinski definition) is 3. The first-order valence-electron chi connectivity index (χ1n) is 7.93. The average Bonchev–Trinajstić information content (AvgIpc) is 2.56. The van der Waals surface area contributed by atoms with Crippen LogP contribution in [-0.2, 0) is 6.42 Å². The van der Waals surface area contributed by atoms with Gasteiger partial charge in [0.05, 0.1) is 12.7 Å². The summed E-state index contributed by atoms with van der Waals surface area (Å²) in [6.45, 7) is 2.70. The second kappa shape index (κ2) is 8.92. The number of benzene rings is 2. The van der Waals surface area contributed by atoms with Crippen molar-refractivity contribution in [3.63, 3.8) is 0 Å². The number of ether oxygens (including phenoxy) is 1. The summed E-state index contributed by atoms with van der Waals surface area (Å²) in [6, 6.07) is 13.6. The third-order valence-corrected chi connectivity index (χ3v) is 4.09. The molecule has 0 heterocycles. The molecule has 0 bridgehead atoms. The van der Waals surface area contributed by atoms with E-state index in [9.17, 15) is 5.11 Å². The summed E-state index contributed by atoms with van der Waals surface area (Å²) >= 11 is 6.29. The van der Waals surface area contributed by atoms with Gasteiger partial charge in [-0.25, -0.2) is 0 Å². The summed E-state index contributed by atoms with van der Waals surface area (Å²) in [5.41, 5.74) is 2.96. The molecule has 0 aliphatic carbocycles. The monoisotopic (exact) mass is 334 g/mol. The van der Waals surface area contributed by atoms with Crippen molar-refractivity contribution >= 4 is 11.6 Å². The SMILES string of the molecule is CCOc1ccc(Cc2cc(C(O)CCCO)ccc2Cl)cc1. The van der Waals surface area contributed by atoms with Crippen LogP contribution < -0.4 is 4.74 Å². The predicted molar refractivity (Wildman–Crippen MR) is 93.1 cm³/mol. The Kier molecular flexibility index (Phi) is 6.90. The number of hydrogen-bond donors (Lipinski definition) is 2. The van der Waals surface area contributed by atoms with Crippen LogP contribution in [0.1, 0.15) is 42.6 Å². The predicted octanol–water partition coefficient (Wildman–Crippen LogP) is 4.14. The van der Waals surface area contributed by atoms with Crippen molar-refractivity contribution in [3.8, 4) is 5.75 Å². The van der Waals surface area contributed by atoms with Gasteiger partial charge in [-0.3, -0.25) is 0 Å². The van der Waals surface area contributed by atoms with Crippen LogP contribution in [-0.4, -0.2) is 23.4 Å². The van der Waals surface area contributed by atoms with Crippen LogP contribution in [0.25, 0.3) is 0 Å². The standard InChI is InChI=1S/C19H23ClO3/c1-2-23-17-8-5-14(6-9-17)12-16-13-15(7-10-18(16)20)19(22)4-3-11-21/h5-10,13,19,21-22H,2-4,11-12H2,1H3. The van der Waals surface area contributed by atoms with Crippen LogP contribution >= 0.6 is 11.6 Å². The zero-order valence-electron chi connectivity index (χ0n) is 13.3. The normalized spacial score (nSPS) is 12.2. The lowest BCUT2D eigenvalue weighted by Crippen LogP contribution is -2.01. The van der Waals surface area contributed by atoms with Crippen LogP contribution in [0.15, 0.2) is 42.5 Å². The van der Waals surface area contributed by atoms with Gasteiger partial charge in [0, 0.05) is 11.6 Å². The Balaban J connectivity index is 2.12. The van der Waals surface area contributed by atoms with E-state index in [2.05, 4.69) is 0 Å². The quantitative estimate of drug-likeness (QED) is 0.763. The number of rotatable bonds is 8. The lowest BCUT2D eigenvalue weighted by Gasteiger charge is -2.13. The zero-order valence-corrected chi connectivity index (χ0v) is 14.1. The average molecular weight is 335 g/mol. The van der Waals surface area contributed by atoms with Crippen LogP contribution in [0.3, 0.4) is 0 Å². The number of aliphatic hydroxyl groups is 2. The second-order valence-corrected chi connectivity index (χ2v) is 5.89. The molecular weight excluding hydrogens is 312 g/mol. The fraction of sp³-hybridized carbons (Fsp3) is 0.368. The largest absolute Gasteiger partial charge is 0.494 e. The molecule has 1 unspecified atom stereocenters. The molecule has 2 rings (SSSR count). The first-order valence-corrected chi connectivity index (χ1v) is 8.30. The van der Waals surface area contributed by atoms with Gasteiger partial charge in [-0.05, 0) is 61.1 Å². The van der Waals surface area contributed by atoms with Gasteiger partial charge >= 0.3 is 0 Å². The van der Waals surface area contributed by atoms with Crippen molar-refractivity contribution in [3.05, 3.63) is 64.2 Å². The van der Waals surface area contributed by atoms with Gasteiger partial charge in [0.2, 0.25) is 0 Å². The Morgan fingerprint density at radius 3 is 2.52 bits per heavy atom. The molecule has 0 saturated carbocycles. The highest BCUT2D eigenvalue weighted by molar-refractivity contribution is 6.31. The molecule has 2 aromatic rings. The van der Waals surface area contributed by atoms with Crippen molar-refractivity contribution in [2.45, 2.75) is 32.3 Å². The van der Waals surface area contributed by atoms with Crippen LogP contribution in [0.5, 0.6) is 5.75 Å². The summed E-state index contributed by atoms with van der Waals surface area (Å²) in [6.07, 6.45) is 1.25. The highest BCUT2D eigenvalue weighted by Gasteiger charge is 2.10. The lowest BCUT2D eigenvalue weighted by molar-refractivity contribution is 0.152. The highest BCUT2D eigenvalue weighted by Crippen LogP contribution is 2.26. The Morgan fingerprint density at radius 2 is 1.87 bits per heavy atom. The van der Waals surface area contributed by atoms with Gasteiger partial charge in [0.25, 0.3) is 0 Å². The summed E-state index contributed by atoms with van der Waals surface area (Å²) < 4.78 is 5.44. The number of aliphatic hydroxyl groups excluding tert-OH is 2. The molecule has 3 nitrogen and oxygen atoms in total. The molecule has 4 heteroatoms. The molecule has 0 radical (unpaired) electrons. The van der Waals surface area contributed by atoms with E-state index in [0.29, 0.717) is 30.9 Å². The van der Waals surface area contributed by atoms with Gasteiger partial charge < -0.3 is 14.9 Å². The Bertz CT molecular complexity index is 611. The van der Waals surface area contributed by atoms with Crippen LogP contribution in [0.2, 0.25) is 5.02 Å². The molecule has 0 aliphatic heterocycles. The van der Waals surface area contributed by atoms with E-state index in [1.807, 2.05) is 49.4 Å². The van der Waals surface area contributed by atoms with Crippen LogP contribution in [0, 0.1) is 0 Å². The fourth-order valence-corrected chi connectivity index (χ4v) is 2.66. The maximum atomic E-state index is 10.2. The molecule has 23 heavy (non-hydrogen) atoms. The molecule has 0 fully saturated rings. The van der Waals surface area contributed by atoms with E-state index in [1.54, 1.807) is 0 Å². The summed E-state index contributed by atoms with van der Waals surface area (Å²) in [4.78, 5) is 0. The summed E-state index contributed by atoms with van der Waals surface area (Å²) in [7, 11) is 0. The molecule has 0 spiro atoms. The molecule has 0 amide bonds. The molecule has 2 N–H and O–H groups in total. The highest BCUT2D eigenvalue weighted by atomic mass is 35.5. The number of halogens is 1. The molecule has 124 valence electrons. The molecule has 0 aromatic heterocycles. The third kappa shape index (κ3) is 5.24. The lowest BCUT2D eigenvalue weighted by atomic mass is 9.98. The fourth-order valence-electron chi connectivity index (χ4n) is 2.48. The van der Waals surface area contributed by atoms with Crippen molar-refractivity contribution in [2.75, 3.05) is 13.2 Å². The molecule has 0 saturated heterocycles. The molecule has 1 atom stereocenters. The summed E-state index contributed by atoms with van der Waals surface area (Å²) in [5.74, 6) is 0.857. The Morgan fingerprint density at radius 1 is 1.13 bits per heavy atom. The van der Waals surface area contributed by atoms with Crippen molar-refractivity contribution in [2.24, 2.45) is 0 Å².